The van der Waals surface area contributed by atoms with E-state index in [1.165, 1.54) is 12.3 Å². The monoisotopic (exact) mass is 354 g/mol. The fourth-order valence-electron chi connectivity index (χ4n) is 2.16. The highest BCUT2D eigenvalue weighted by molar-refractivity contribution is 5.92. The van der Waals surface area contributed by atoms with E-state index in [0.717, 1.165) is 11.9 Å². The third kappa shape index (κ3) is 3.59. The molecule has 0 aliphatic heterocycles. The summed E-state index contributed by atoms with van der Waals surface area (Å²) in [4.78, 5) is 30.5. The van der Waals surface area contributed by atoms with Crippen LogP contribution in [0.5, 0.6) is 0 Å². The molecule has 1 aromatic carbocycles. The number of aromatic nitrogens is 2. The minimum Gasteiger partial charge on any atom is -0.459 e. The average molecular weight is 354 g/mol. The fraction of sp³-hybridized carbons (Fsp3) is 0.0625. The molecule has 10 nitrogen and oxygen atoms in total. The van der Waals surface area contributed by atoms with Gasteiger partial charge in [0.25, 0.3) is 0 Å². The number of benzene rings is 1. The number of furan rings is 1. The molecule has 0 fully saturated rings. The lowest BCUT2D eigenvalue weighted by Gasteiger charge is -2.11. The zero-order valence-corrected chi connectivity index (χ0v) is 13.6. The highest BCUT2D eigenvalue weighted by atomic mass is 16.6. The lowest BCUT2D eigenvalue weighted by Crippen LogP contribution is -2.30. The molecule has 3 N–H and O–H groups in total. The number of nitro groups is 1. The van der Waals surface area contributed by atoms with Crippen molar-refractivity contribution in [2.75, 3.05) is 10.7 Å². The summed E-state index contributed by atoms with van der Waals surface area (Å²) >= 11 is 0. The van der Waals surface area contributed by atoms with Gasteiger partial charge in [-0.1, -0.05) is 18.2 Å². The molecule has 2 aromatic heterocycles. The molecule has 3 rings (SSSR count). The number of hydrazine groups is 1. The number of carbonyl (C=O) groups is 1. The predicted molar refractivity (Wildman–Crippen MR) is 92.9 cm³/mol. The number of anilines is 3. The Kier molecular flexibility index (Phi) is 4.74. The summed E-state index contributed by atoms with van der Waals surface area (Å²) in [6, 6.07) is 10.3. The smallest absolute Gasteiger partial charge is 0.355 e. The fourth-order valence-corrected chi connectivity index (χ4v) is 2.16. The van der Waals surface area contributed by atoms with Gasteiger partial charge in [-0.3, -0.25) is 25.8 Å². The Morgan fingerprint density at radius 1 is 1.15 bits per heavy atom. The number of hydrogen-bond acceptors (Lipinski definition) is 8. The minimum atomic E-state index is -0.637. The van der Waals surface area contributed by atoms with Gasteiger partial charge < -0.3 is 9.73 Å². The second-order valence-electron chi connectivity index (χ2n) is 5.17. The second kappa shape index (κ2) is 7.30. The molecule has 0 atom stereocenters. The van der Waals surface area contributed by atoms with E-state index in [9.17, 15) is 14.9 Å². The number of aryl methyl sites for hydroxylation is 1. The van der Waals surface area contributed by atoms with Gasteiger partial charge >= 0.3 is 11.6 Å². The van der Waals surface area contributed by atoms with Crippen LogP contribution >= 0.6 is 0 Å². The number of nitrogens with zero attached hydrogens (tertiary/aromatic N) is 3. The highest BCUT2D eigenvalue weighted by Gasteiger charge is 2.24. The van der Waals surface area contributed by atoms with Crippen LogP contribution in [0.4, 0.5) is 23.0 Å². The van der Waals surface area contributed by atoms with Crippen molar-refractivity contribution in [3.05, 3.63) is 70.4 Å². The standard InChI is InChI=1S/C16H14N6O4/c1-10-5-2-3-6-11(10)19-14-13(22(24)25)15(18-9-17-14)20-21-16(23)12-7-4-8-26-12/h2-9H,1H3,(H,21,23)(H2,17,18,19,20). The topological polar surface area (TPSA) is 135 Å². The summed E-state index contributed by atoms with van der Waals surface area (Å²) in [6.07, 6.45) is 2.49. The molecule has 0 spiro atoms. The predicted octanol–water partition coefficient (Wildman–Crippen LogP) is 2.79. The van der Waals surface area contributed by atoms with Crippen LogP contribution < -0.4 is 16.2 Å². The van der Waals surface area contributed by atoms with Crippen molar-refractivity contribution in [3.63, 3.8) is 0 Å². The van der Waals surface area contributed by atoms with Crippen molar-refractivity contribution in [2.24, 2.45) is 0 Å². The first-order valence-corrected chi connectivity index (χ1v) is 7.48. The van der Waals surface area contributed by atoms with Gasteiger partial charge in [0.2, 0.25) is 11.6 Å². The summed E-state index contributed by atoms with van der Waals surface area (Å²) in [5.74, 6) is -0.723. The van der Waals surface area contributed by atoms with E-state index in [2.05, 4.69) is 26.1 Å². The van der Waals surface area contributed by atoms with Gasteiger partial charge in [-0.15, -0.1) is 0 Å². The first-order chi connectivity index (χ1) is 12.6. The molecule has 0 saturated carbocycles. The zero-order chi connectivity index (χ0) is 18.5. The molecule has 26 heavy (non-hydrogen) atoms. The average Bonchev–Trinajstić information content (AvgIpc) is 3.16. The van der Waals surface area contributed by atoms with Crippen LogP contribution in [-0.4, -0.2) is 20.8 Å². The number of carbonyl (C=O) groups excluding carboxylic acids is 1. The van der Waals surface area contributed by atoms with Crippen LogP contribution in [0.3, 0.4) is 0 Å². The number of hydrogen-bond donors (Lipinski definition) is 3. The van der Waals surface area contributed by atoms with Gasteiger partial charge in [0, 0.05) is 5.69 Å². The molecule has 2 heterocycles. The summed E-state index contributed by atoms with van der Waals surface area (Å²) in [5, 5.41) is 14.4. The molecule has 0 unspecified atom stereocenters. The second-order valence-corrected chi connectivity index (χ2v) is 5.17. The quantitative estimate of drug-likeness (QED) is 0.454. The summed E-state index contributed by atoms with van der Waals surface area (Å²) in [5.41, 5.74) is 5.87. The van der Waals surface area contributed by atoms with Crippen molar-refractivity contribution in [1.82, 2.24) is 15.4 Å². The minimum absolute atomic E-state index is 0.00551. The Morgan fingerprint density at radius 3 is 2.62 bits per heavy atom. The summed E-state index contributed by atoms with van der Waals surface area (Å²) in [6.45, 7) is 1.86. The molecule has 10 heteroatoms. The van der Waals surface area contributed by atoms with E-state index in [1.807, 2.05) is 19.1 Å². The van der Waals surface area contributed by atoms with Crippen molar-refractivity contribution >= 4 is 28.9 Å². The van der Waals surface area contributed by atoms with Crippen LogP contribution in [0.2, 0.25) is 0 Å². The number of amides is 1. The van der Waals surface area contributed by atoms with Gasteiger partial charge in [-0.2, -0.15) is 0 Å². The summed E-state index contributed by atoms with van der Waals surface area (Å²) in [7, 11) is 0. The van der Waals surface area contributed by atoms with Crippen LogP contribution in [0.25, 0.3) is 0 Å². The summed E-state index contributed by atoms with van der Waals surface area (Å²) < 4.78 is 4.95. The first kappa shape index (κ1) is 16.9. The molecular formula is C16H14N6O4. The number of para-hydroxylation sites is 1. The van der Waals surface area contributed by atoms with E-state index in [1.54, 1.807) is 18.2 Å². The van der Waals surface area contributed by atoms with Crippen molar-refractivity contribution in [3.8, 4) is 0 Å². The molecule has 1 amide bonds. The molecule has 0 bridgehead atoms. The first-order valence-electron chi connectivity index (χ1n) is 7.48. The Hall–Kier alpha value is -3.95. The molecule has 3 aromatic rings. The van der Waals surface area contributed by atoms with Gasteiger partial charge in [-0.05, 0) is 30.7 Å². The maximum absolute atomic E-state index is 11.9. The van der Waals surface area contributed by atoms with Crippen molar-refractivity contribution < 1.29 is 14.1 Å². The lowest BCUT2D eigenvalue weighted by molar-refractivity contribution is -0.383. The third-order valence-electron chi connectivity index (χ3n) is 3.44. The number of nitrogens with one attached hydrogen (secondary N) is 3. The van der Waals surface area contributed by atoms with Crippen LogP contribution in [0.15, 0.2) is 53.4 Å². The molecule has 0 radical (unpaired) electrons. The molecule has 0 aliphatic carbocycles. The Morgan fingerprint density at radius 2 is 1.92 bits per heavy atom. The van der Waals surface area contributed by atoms with Crippen LogP contribution in [0, 0.1) is 17.0 Å². The van der Waals surface area contributed by atoms with Gasteiger partial charge in [-0.25, -0.2) is 9.97 Å². The lowest BCUT2D eigenvalue weighted by atomic mass is 10.2. The largest absolute Gasteiger partial charge is 0.459 e. The van der Waals surface area contributed by atoms with Crippen molar-refractivity contribution in [1.29, 1.82) is 0 Å². The molecule has 132 valence electrons. The number of rotatable bonds is 6. The van der Waals surface area contributed by atoms with E-state index in [-0.39, 0.29) is 17.4 Å². The zero-order valence-electron chi connectivity index (χ0n) is 13.6. The maximum atomic E-state index is 11.9. The van der Waals surface area contributed by atoms with Gasteiger partial charge in [0.05, 0.1) is 11.2 Å². The molecule has 0 saturated heterocycles. The Bertz CT molecular complexity index is 942. The SMILES string of the molecule is Cc1ccccc1Nc1ncnc(NNC(=O)c2ccco2)c1[N+](=O)[O-]. The van der Waals surface area contributed by atoms with E-state index in [4.69, 9.17) is 4.42 Å². The van der Waals surface area contributed by atoms with E-state index >= 15 is 0 Å². The van der Waals surface area contributed by atoms with Crippen molar-refractivity contribution in [2.45, 2.75) is 6.92 Å². The highest BCUT2D eigenvalue weighted by Crippen LogP contribution is 2.31. The van der Waals surface area contributed by atoms with Crippen LogP contribution in [0.1, 0.15) is 16.1 Å². The third-order valence-corrected chi connectivity index (χ3v) is 3.44. The van der Waals surface area contributed by atoms with E-state index < -0.39 is 16.5 Å². The molecule has 0 aliphatic rings. The Labute approximate surface area is 147 Å². The van der Waals surface area contributed by atoms with Gasteiger partial charge in [0.1, 0.15) is 6.33 Å². The normalized spacial score (nSPS) is 10.2. The maximum Gasteiger partial charge on any atom is 0.355 e. The van der Waals surface area contributed by atoms with Crippen LogP contribution in [-0.2, 0) is 0 Å². The molecular weight excluding hydrogens is 340 g/mol. The van der Waals surface area contributed by atoms with Gasteiger partial charge in [0.15, 0.2) is 5.76 Å². The Balaban J connectivity index is 1.85. The van der Waals surface area contributed by atoms with E-state index in [0.29, 0.717) is 5.69 Å².